The molecule has 82 valence electrons. The highest BCUT2D eigenvalue weighted by Gasteiger charge is 1.98. The maximum atomic E-state index is 5.65. The molecule has 2 aromatic rings. The molecule has 1 aromatic heterocycles. The number of pyridine rings is 1. The van der Waals surface area contributed by atoms with Gasteiger partial charge in [0.05, 0.1) is 11.2 Å². The lowest BCUT2D eigenvalue weighted by molar-refractivity contribution is 1.41. The van der Waals surface area contributed by atoms with Crippen molar-refractivity contribution < 1.29 is 0 Å². The summed E-state index contributed by atoms with van der Waals surface area (Å²) in [7, 11) is 0. The Labute approximate surface area is 97.8 Å². The van der Waals surface area contributed by atoms with Crippen molar-refractivity contribution in [3.8, 4) is 0 Å². The Balaban J connectivity index is 2.48. The van der Waals surface area contributed by atoms with Crippen LogP contribution in [0.3, 0.4) is 0 Å². The largest absolute Gasteiger partial charge is 0.384 e. The van der Waals surface area contributed by atoms with Gasteiger partial charge in [0.2, 0.25) is 0 Å². The van der Waals surface area contributed by atoms with Crippen LogP contribution in [0.15, 0.2) is 35.3 Å². The van der Waals surface area contributed by atoms with E-state index in [1.165, 1.54) is 11.8 Å². The molecule has 0 bridgehead atoms. The summed E-state index contributed by atoms with van der Waals surface area (Å²) in [5, 5.41) is 1.55. The Morgan fingerprint density at radius 1 is 1.31 bits per heavy atom. The van der Waals surface area contributed by atoms with Gasteiger partial charge in [0, 0.05) is 5.39 Å². The summed E-state index contributed by atoms with van der Waals surface area (Å²) >= 11 is 1.42. The van der Waals surface area contributed by atoms with Crippen molar-refractivity contribution in [2.24, 2.45) is 10.7 Å². The Kier molecular flexibility index (Phi) is 2.96. The van der Waals surface area contributed by atoms with Crippen molar-refractivity contribution >= 4 is 39.3 Å². The zero-order valence-corrected chi connectivity index (χ0v) is 9.66. The Morgan fingerprint density at radius 2 is 2.12 bits per heavy atom. The fourth-order valence-corrected chi connectivity index (χ4v) is 1.57. The SMILES string of the molecule is CSC(N)=Nc1ccc2nc(N)ccc2c1. The minimum Gasteiger partial charge on any atom is -0.384 e. The van der Waals surface area contributed by atoms with Gasteiger partial charge in [0.1, 0.15) is 5.82 Å². The molecule has 5 heteroatoms. The highest BCUT2D eigenvalue weighted by molar-refractivity contribution is 8.13. The van der Waals surface area contributed by atoms with E-state index in [0.29, 0.717) is 11.0 Å². The number of nitrogens with zero attached hydrogens (tertiary/aromatic N) is 2. The molecule has 0 unspecified atom stereocenters. The molecule has 4 N–H and O–H groups in total. The van der Waals surface area contributed by atoms with Gasteiger partial charge in [0.25, 0.3) is 0 Å². The number of nitrogen functional groups attached to an aromatic ring is 1. The molecule has 1 aromatic carbocycles. The van der Waals surface area contributed by atoms with Crippen molar-refractivity contribution in [3.05, 3.63) is 30.3 Å². The summed E-state index contributed by atoms with van der Waals surface area (Å²) in [6, 6.07) is 9.39. The van der Waals surface area contributed by atoms with Crippen molar-refractivity contribution in [1.82, 2.24) is 4.98 Å². The molecule has 4 nitrogen and oxygen atoms in total. The van der Waals surface area contributed by atoms with E-state index < -0.39 is 0 Å². The molecule has 0 aliphatic carbocycles. The Bertz CT molecular complexity index is 551. The quantitative estimate of drug-likeness (QED) is 0.583. The first-order valence-electron chi connectivity index (χ1n) is 4.73. The van der Waals surface area contributed by atoms with Crippen LogP contribution < -0.4 is 11.5 Å². The third kappa shape index (κ3) is 2.25. The molecule has 0 radical (unpaired) electrons. The lowest BCUT2D eigenvalue weighted by Crippen LogP contribution is -2.04. The second-order valence-corrected chi connectivity index (χ2v) is 4.09. The maximum absolute atomic E-state index is 5.65. The molecular formula is C11H12N4S. The lowest BCUT2D eigenvalue weighted by atomic mass is 10.2. The van der Waals surface area contributed by atoms with E-state index in [0.717, 1.165) is 16.6 Å². The number of benzene rings is 1. The van der Waals surface area contributed by atoms with Gasteiger partial charge in [-0.15, -0.1) is 0 Å². The van der Waals surface area contributed by atoms with Crippen LogP contribution in [0.4, 0.5) is 11.5 Å². The number of rotatable bonds is 1. The smallest absolute Gasteiger partial charge is 0.158 e. The lowest BCUT2D eigenvalue weighted by Gasteiger charge is -2.01. The van der Waals surface area contributed by atoms with E-state index in [1.54, 1.807) is 6.07 Å². The van der Waals surface area contributed by atoms with Crippen LogP contribution in [-0.4, -0.2) is 16.4 Å². The molecule has 0 atom stereocenters. The van der Waals surface area contributed by atoms with Crippen LogP contribution in [0.1, 0.15) is 0 Å². The summed E-state index contributed by atoms with van der Waals surface area (Å²) in [6.45, 7) is 0. The fraction of sp³-hybridized carbons (Fsp3) is 0.0909. The van der Waals surface area contributed by atoms with E-state index in [9.17, 15) is 0 Å². The predicted octanol–water partition coefficient (Wildman–Crippen LogP) is 2.13. The van der Waals surface area contributed by atoms with Crippen molar-refractivity contribution in [1.29, 1.82) is 0 Å². The zero-order chi connectivity index (χ0) is 11.5. The minimum atomic E-state index is 0.521. The normalized spacial score (nSPS) is 11.9. The first-order chi connectivity index (χ1) is 7.69. The summed E-state index contributed by atoms with van der Waals surface area (Å²) in [4.78, 5) is 8.46. The number of hydrogen-bond acceptors (Lipinski definition) is 4. The summed E-state index contributed by atoms with van der Waals surface area (Å²) in [6.07, 6.45) is 1.89. The third-order valence-corrected chi connectivity index (χ3v) is 2.65. The molecule has 0 spiro atoms. The Hall–Kier alpha value is -1.75. The molecule has 0 fully saturated rings. The van der Waals surface area contributed by atoms with Crippen LogP contribution in [0.5, 0.6) is 0 Å². The number of nitrogens with two attached hydrogens (primary N) is 2. The molecule has 0 saturated carbocycles. The molecule has 0 amide bonds. The van der Waals surface area contributed by atoms with Gasteiger partial charge in [-0.25, -0.2) is 9.98 Å². The van der Waals surface area contributed by atoms with Gasteiger partial charge < -0.3 is 11.5 Å². The van der Waals surface area contributed by atoms with Gasteiger partial charge in [-0.05, 0) is 36.6 Å². The topological polar surface area (TPSA) is 77.3 Å². The average Bonchev–Trinajstić information content (AvgIpc) is 2.29. The van der Waals surface area contributed by atoms with Gasteiger partial charge in [0.15, 0.2) is 5.17 Å². The highest BCUT2D eigenvalue weighted by Crippen LogP contribution is 2.21. The average molecular weight is 232 g/mol. The minimum absolute atomic E-state index is 0.521. The van der Waals surface area contributed by atoms with Crippen LogP contribution in [-0.2, 0) is 0 Å². The first-order valence-corrected chi connectivity index (χ1v) is 5.96. The summed E-state index contributed by atoms with van der Waals surface area (Å²) < 4.78 is 0. The summed E-state index contributed by atoms with van der Waals surface area (Å²) in [5.41, 5.74) is 12.9. The van der Waals surface area contributed by atoms with E-state index >= 15 is 0 Å². The third-order valence-electron chi connectivity index (χ3n) is 2.14. The second kappa shape index (κ2) is 4.40. The number of thioether (sulfide) groups is 1. The van der Waals surface area contributed by atoms with Crippen LogP contribution in [0, 0.1) is 0 Å². The Morgan fingerprint density at radius 3 is 2.88 bits per heavy atom. The number of fused-ring (bicyclic) bond motifs is 1. The van der Waals surface area contributed by atoms with E-state index in [4.69, 9.17) is 11.5 Å². The molecule has 0 saturated heterocycles. The second-order valence-electron chi connectivity index (χ2n) is 3.27. The van der Waals surface area contributed by atoms with Crippen molar-refractivity contribution in [3.63, 3.8) is 0 Å². The molecule has 2 rings (SSSR count). The van der Waals surface area contributed by atoms with Crippen molar-refractivity contribution in [2.45, 2.75) is 0 Å². The molecular weight excluding hydrogens is 220 g/mol. The van der Waals surface area contributed by atoms with Gasteiger partial charge in [-0.3, -0.25) is 0 Å². The van der Waals surface area contributed by atoms with Crippen molar-refractivity contribution in [2.75, 3.05) is 12.0 Å². The standard InChI is InChI=1S/C11H12N4S/c1-16-11(13)14-8-3-4-9-7(6-8)2-5-10(12)15-9/h2-6H,1H3,(H2,12,15)(H2,13,14). The highest BCUT2D eigenvalue weighted by atomic mass is 32.2. The number of aliphatic imine (C=N–C) groups is 1. The van der Waals surface area contributed by atoms with E-state index in [2.05, 4.69) is 9.98 Å². The first kappa shape index (κ1) is 10.8. The number of anilines is 1. The molecule has 16 heavy (non-hydrogen) atoms. The van der Waals surface area contributed by atoms with E-state index in [1.807, 2.05) is 30.5 Å². The van der Waals surface area contributed by atoms with Crippen LogP contribution >= 0.6 is 11.8 Å². The number of hydrogen-bond donors (Lipinski definition) is 2. The van der Waals surface area contributed by atoms with Gasteiger partial charge >= 0.3 is 0 Å². The molecule has 0 aliphatic heterocycles. The van der Waals surface area contributed by atoms with Gasteiger partial charge in [-0.2, -0.15) is 0 Å². The van der Waals surface area contributed by atoms with Gasteiger partial charge in [-0.1, -0.05) is 11.8 Å². The number of amidine groups is 1. The van der Waals surface area contributed by atoms with Crippen LogP contribution in [0.2, 0.25) is 0 Å². The number of aromatic nitrogens is 1. The van der Waals surface area contributed by atoms with Crippen LogP contribution in [0.25, 0.3) is 10.9 Å². The monoisotopic (exact) mass is 232 g/mol. The zero-order valence-electron chi connectivity index (χ0n) is 8.84. The fourth-order valence-electron chi connectivity index (χ4n) is 1.37. The maximum Gasteiger partial charge on any atom is 0.158 e. The van der Waals surface area contributed by atoms with E-state index in [-0.39, 0.29) is 0 Å². The molecule has 0 aliphatic rings. The molecule has 1 heterocycles. The summed E-state index contributed by atoms with van der Waals surface area (Å²) in [5.74, 6) is 0.521. The predicted molar refractivity (Wildman–Crippen MR) is 71.0 cm³/mol.